The summed E-state index contributed by atoms with van der Waals surface area (Å²) in [5, 5.41) is 2.74. The van der Waals surface area contributed by atoms with Crippen molar-refractivity contribution in [1.82, 2.24) is 4.72 Å². The van der Waals surface area contributed by atoms with Gasteiger partial charge in [0.05, 0.1) is 12.0 Å². The molecule has 0 aromatic heterocycles. The highest BCUT2D eigenvalue weighted by molar-refractivity contribution is 7.89. The van der Waals surface area contributed by atoms with Crippen LogP contribution in [-0.2, 0) is 24.3 Å². The van der Waals surface area contributed by atoms with Crippen molar-refractivity contribution in [3.05, 3.63) is 54.1 Å². The van der Waals surface area contributed by atoms with Crippen molar-refractivity contribution in [2.45, 2.75) is 38.1 Å². The highest BCUT2D eigenvalue weighted by Crippen LogP contribution is 2.16. The summed E-state index contributed by atoms with van der Waals surface area (Å²) in [6.07, 6.45) is 0.386. The minimum atomic E-state index is -3.97. The summed E-state index contributed by atoms with van der Waals surface area (Å²) < 4.78 is 37.0. The summed E-state index contributed by atoms with van der Waals surface area (Å²) in [5.74, 6) is -0.759. The second-order valence-electron chi connectivity index (χ2n) is 7.77. The number of nitrogens with one attached hydrogen (secondary N) is 2. The van der Waals surface area contributed by atoms with E-state index in [1.807, 2.05) is 13.8 Å². The Labute approximate surface area is 193 Å². The number of ether oxygens (including phenoxy) is 2. The summed E-state index contributed by atoms with van der Waals surface area (Å²) in [6.45, 7) is 4.65. The SMILES string of the molecule is COc1ccc(S(=O)(=O)N[C@@H](C)C(=O)OCC(=O)c2ccc(NC(=O)CC(C)C)cc2)cc1. The van der Waals surface area contributed by atoms with Crippen LogP contribution < -0.4 is 14.8 Å². The third-order valence-corrected chi connectivity index (χ3v) is 6.04. The van der Waals surface area contributed by atoms with E-state index in [9.17, 15) is 22.8 Å². The molecular weight excluding hydrogens is 448 g/mol. The van der Waals surface area contributed by atoms with E-state index in [0.29, 0.717) is 17.9 Å². The van der Waals surface area contributed by atoms with Gasteiger partial charge in [0, 0.05) is 17.7 Å². The molecular formula is C23H28N2O7S. The maximum Gasteiger partial charge on any atom is 0.324 e. The number of benzene rings is 2. The van der Waals surface area contributed by atoms with E-state index in [1.54, 1.807) is 12.1 Å². The number of Topliss-reactive ketones (excluding diaryl/α,β-unsaturated/α-hetero) is 1. The topological polar surface area (TPSA) is 128 Å². The molecule has 1 amide bonds. The highest BCUT2D eigenvalue weighted by Gasteiger charge is 2.24. The Morgan fingerprint density at radius 2 is 1.55 bits per heavy atom. The monoisotopic (exact) mass is 476 g/mol. The van der Waals surface area contributed by atoms with Crippen LogP contribution in [0, 0.1) is 5.92 Å². The average Bonchev–Trinajstić information content (AvgIpc) is 2.76. The van der Waals surface area contributed by atoms with Gasteiger partial charge in [-0.15, -0.1) is 0 Å². The Morgan fingerprint density at radius 3 is 2.09 bits per heavy atom. The number of hydrogen-bond donors (Lipinski definition) is 2. The van der Waals surface area contributed by atoms with Crippen molar-refractivity contribution >= 4 is 33.4 Å². The maximum absolute atomic E-state index is 12.4. The van der Waals surface area contributed by atoms with Crippen molar-refractivity contribution < 1.29 is 32.3 Å². The van der Waals surface area contributed by atoms with Gasteiger partial charge in [0.25, 0.3) is 0 Å². The third kappa shape index (κ3) is 7.99. The van der Waals surface area contributed by atoms with Crippen LogP contribution in [-0.4, -0.2) is 45.8 Å². The molecule has 1 atom stereocenters. The van der Waals surface area contributed by atoms with E-state index in [-0.39, 0.29) is 22.3 Å². The summed E-state index contributed by atoms with van der Waals surface area (Å²) in [4.78, 5) is 36.3. The fourth-order valence-electron chi connectivity index (χ4n) is 2.77. The molecule has 2 aromatic rings. The number of rotatable bonds is 11. The molecule has 2 N–H and O–H groups in total. The van der Waals surface area contributed by atoms with Crippen molar-refractivity contribution in [2.75, 3.05) is 19.0 Å². The number of sulfonamides is 1. The first-order valence-corrected chi connectivity index (χ1v) is 11.8. The van der Waals surface area contributed by atoms with Crippen LogP contribution >= 0.6 is 0 Å². The van der Waals surface area contributed by atoms with Crippen LogP contribution in [0.3, 0.4) is 0 Å². The molecule has 9 nitrogen and oxygen atoms in total. The van der Waals surface area contributed by atoms with Gasteiger partial charge in [0.15, 0.2) is 12.4 Å². The van der Waals surface area contributed by atoms with Gasteiger partial charge in [0.1, 0.15) is 11.8 Å². The van der Waals surface area contributed by atoms with E-state index >= 15 is 0 Å². The number of amides is 1. The molecule has 0 aliphatic rings. The molecule has 0 saturated heterocycles. The largest absolute Gasteiger partial charge is 0.497 e. The van der Waals surface area contributed by atoms with Gasteiger partial charge >= 0.3 is 5.97 Å². The van der Waals surface area contributed by atoms with E-state index in [1.165, 1.54) is 50.4 Å². The van der Waals surface area contributed by atoms with Crippen molar-refractivity contribution in [1.29, 1.82) is 0 Å². The summed E-state index contributed by atoms with van der Waals surface area (Å²) in [7, 11) is -2.51. The minimum Gasteiger partial charge on any atom is -0.497 e. The Morgan fingerprint density at radius 1 is 0.939 bits per heavy atom. The van der Waals surface area contributed by atoms with Gasteiger partial charge < -0.3 is 14.8 Å². The molecule has 2 aromatic carbocycles. The molecule has 0 unspecified atom stereocenters. The summed E-state index contributed by atoms with van der Waals surface area (Å²) in [6, 6.07) is 10.6. The molecule has 0 aliphatic heterocycles. The van der Waals surface area contributed by atoms with Crippen LogP contribution in [0.15, 0.2) is 53.4 Å². The molecule has 10 heteroatoms. The Kier molecular flexibility index (Phi) is 9.12. The predicted molar refractivity (Wildman–Crippen MR) is 123 cm³/mol. The van der Waals surface area contributed by atoms with Crippen LogP contribution in [0.25, 0.3) is 0 Å². The van der Waals surface area contributed by atoms with Crippen LogP contribution in [0.1, 0.15) is 37.6 Å². The number of hydrogen-bond acceptors (Lipinski definition) is 7. The Balaban J connectivity index is 1.88. The van der Waals surface area contributed by atoms with Crippen LogP contribution in [0.5, 0.6) is 5.75 Å². The van der Waals surface area contributed by atoms with Crippen LogP contribution in [0.2, 0.25) is 0 Å². The van der Waals surface area contributed by atoms with Gasteiger partial charge in [-0.05, 0) is 61.4 Å². The standard InChI is InChI=1S/C23H28N2O7S/c1-15(2)13-22(27)24-18-7-5-17(6-8-18)21(26)14-32-23(28)16(3)25-33(29,30)20-11-9-19(31-4)10-12-20/h5-12,15-16,25H,13-14H2,1-4H3,(H,24,27)/t16-/m0/s1. The van der Waals surface area contributed by atoms with Gasteiger partial charge in [-0.25, -0.2) is 8.42 Å². The number of carbonyl (C=O) groups excluding carboxylic acids is 3. The smallest absolute Gasteiger partial charge is 0.324 e. The first kappa shape index (κ1) is 26.0. The van der Waals surface area contributed by atoms with Crippen molar-refractivity contribution in [3.63, 3.8) is 0 Å². The number of methoxy groups -OCH3 is 1. The van der Waals surface area contributed by atoms with E-state index in [4.69, 9.17) is 9.47 Å². The highest BCUT2D eigenvalue weighted by atomic mass is 32.2. The fourth-order valence-corrected chi connectivity index (χ4v) is 3.96. The zero-order valence-electron chi connectivity index (χ0n) is 19.0. The molecule has 0 aliphatic carbocycles. The lowest BCUT2D eigenvalue weighted by Crippen LogP contribution is -2.40. The van der Waals surface area contributed by atoms with Gasteiger partial charge in [-0.1, -0.05) is 13.8 Å². The lowest BCUT2D eigenvalue weighted by atomic mass is 10.1. The predicted octanol–water partition coefficient (Wildman–Crippen LogP) is 2.77. The number of ketones is 1. The zero-order chi connectivity index (χ0) is 24.6. The quantitative estimate of drug-likeness (QED) is 0.377. The van der Waals surface area contributed by atoms with Gasteiger partial charge in [-0.3, -0.25) is 14.4 Å². The summed E-state index contributed by atoms with van der Waals surface area (Å²) >= 11 is 0. The number of esters is 1. The van der Waals surface area contributed by atoms with Gasteiger partial charge in [-0.2, -0.15) is 4.72 Å². The minimum absolute atomic E-state index is 0.0420. The number of carbonyl (C=O) groups is 3. The third-order valence-electron chi connectivity index (χ3n) is 4.49. The van der Waals surface area contributed by atoms with Crippen molar-refractivity contribution in [3.8, 4) is 5.75 Å². The molecule has 178 valence electrons. The van der Waals surface area contributed by atoms with Crippen molar-refractivity contribution in [2.24, 2.45) is 5.92 Å². The molecule has 0 fully saturated rings. The first-order valence-electron chi connectivity index (χ1n) is 10.3. The second kappa shape index (κ2) is 11.6. The zero-order valence-corrected chi connectivity index (χ0v) is 19.8. The fraction of sp³-hybridized carbons (Fsp3) is 0.348. The summed E-state index contributed by atoms with van der Waals surface area (Å²) in [5.41, 5.74) is 0.840. The van der Waals surface area contributed by atoms with E-state index in [2.05, 4.69) is 10.0 Å². The molecule has 0 bridgehead atoms. The molecule has 2 rings (SSSR count). The Bertz CT molecular complexity index is 1080. The first-order chi connectivity index (χ1) is 15.5. The van der Waals surface area contributed by atoms with E-state index < -0.39 is 34.4 Å². The Hall–Kier alpha value is -3.24. The van der Waals surface area contributed by atoms with E-state index in [0.717, 1.165) is 0 Å². The molecule has 0 saturated carbocycles. The van der Waals surface area contributed by atoms with Crippen LogP contribution in [0.4, 0.5) is 5.69 Å². The lowest BCUT2D eigenvalue weighted by molar-refractivity contribution is -0.144. The second-order valence-corrected chi connectivity index (χ2v) is 9.49. The molecule has 0 spiro atoms. The number of anilines is 1. The molecule has 33 heavy (non-hydrogen) atoms. The average molecular weight is 477 g/mol. The molecule has 0 radical (unpaired) electrons. The normalized spacial score (nSPS) is 12.2. The maximum atomic E-state index is 12.4. The lowest BCUT2D eigenvalue weighted by Gasteiger charge is -2.14. The molecule has 0 heterocycles. The van der Waals surface area contributed by atoms with Gasteiger partial charge in [0.2, 0.25) is 15.9 Å².